The van der Waals surface area contributed by atoms with E-state index >= 15 is 0 Å². The van der Waals surface area contributed by atoms with E-state index < -0.39 is 10.8 Å². The summed E-state index contributed by atoms with van der Waals surface area (Å²) in [6.07, 6.45) is 2.76. The van der Waals surface area contributed by atoms with Crippen LogP contribution < -0.4 is 10.6 Å². The number of rotatable bonds is 4. The fourth-order valence-corrected chi connectivity index (χ4v) is 3.89. The van der Waals surface area contributed by atoms with Gasteiger partial charge in [-0.05, 0) is 38.3 Å². The lowest BCUT2D eigenvalue weighted by Crippen LogP contribution is -2.57. The second kappa shape index (κ2) is 6.51. The molecule has 6 heteroatoms. The molecule has 1 atom stereocenters. The Morgan fingerprint density at radius 3 is 2.96 bits per heavy atom. The van der Waals surface area contributed by atoms with E-state index in [4.69, 9.17) is 0 Å². The van der Waals surface area contributed by atoms with Gasteiger partial charge < -0.3 is 15.6 Å². The summed E-state index contributed by atoms with van der Waals surface area (Å²) in [5.41, 5.74) is 3.56. The SMILES string of the molecule is Cc1cccc2c(CCNC(=O)C3CSC(C)(C)C(=O)N3)c[nH]c12. The van der Waals surface area contributed by atoms with E-state index in [0.29, 0.717) is 12.3 Å². The van der Waals surface area contributed by atoms with Crippen LogP contribution in [0.15, 0.2) is 24.4 Å². The molecule has 0 saturated carbocycles. The maximum absolute atomic E-state index is 12.3. The first kappa shape index (κ1) is 16.9. The van der Waals surface area contributed by atoms with Gasteiger partial charge >= 0.3 is 0 Å². The summed E-state index contributed by atoms with van der Waals surface area (Å²) in [5.74, 6) is 0.421. The Morgan fingerprint density at radius 1 is 1.42 bits per heavy atom. The van der Waals surface area contributed by atoms with Crippen LogP contribution in [0.5, 0.6) is 0 Å². The van der Waals surface area contributed by atoms with Crippen molar-refractivity contribution in [3.63, 3.8) is 0 Å². The molecule has 1 saturated heterocycles. The van der Waals surface area contributed by atoms with Crippen LogP contribution in [0.1, 0.15) is 25.0 Å². The summed E-state index contributed by atoms with van der Waals surface area (Å²) < 4.78 is -0.460. The molecule has 0 spiro atoms. The lowest BCUT2D eigenvalue weighted by Gasteiger charge is -2.32. The Kier molecular flexibility index (Phi) is 4.58. The molecular weight excluding hydrogens is 322 g/mol. The smallest absolute Gasteiger partial charge is 0.243 e. The maximum Gasteiger partial charge on any atom is 0.243 e. The van der Waals surface area contributed by atoms with Crippen molar-refractivity contribution in [2.45, 2.75) is 38.0 Å². The van der Waals surface area contributed by atoms with E-state index in [1.807, 2.05) is 26.1 Å². The van der Waals surface area contributed by atoms with Crippen molar-refractivity contribution in [1.82, 2.24) is 15.6 Å². The molecule has 3 rings (SSSR count). The highest BCUT2D eigenvalue weighted by Gasteiger charge is 2.37. The number of aromatic nitrogens is 1. The predicted molar refractivity (Wildman–Crippen MR) is 98.2 cm³/mol. The van der Waals surface area contributed by atoms with Crippen molar-refractivity contribution in [1.29, 1.82) is 0 Å². The molecule has 5 nitrogen and oxygen atoms in total. The number of aryl methyl sites for hydroxylation is 1. The Balaban J connectivity index is 1.55. The number of carbonyl (C=O) groups is 2. The summed E-state index contributed by atoms with van der Waals surface area (Å²) in [6.45, 7) is 6.38. The van der Waals surface area contributed by atoms with Gasteiger partial charge in [0.15, 0.2) is 0 Å². The number of aromatic amines is 1. The summed E-state index contributed by atoms with van der Waals surface area (Å²) >= 11 is 1.52. The standard InChI is InChI=1S/C18H23N3O2S/c1-11-5-4-6-13-12(9-20-15(11)13)7-8-19-16(22)14-10-24-18(2,3)17(23)21-14/h4-6,9,14,20H,7-8,10H2,1-3H3,(H,19,22)(H,21,23). The van der Waals surface area contributed by atoms with Crippen LogP contribution >= 0.6 is 11.8 Å². The molecule has 128 valence electrons. The van der Waals surface area contributed by atoms with Gasteiger partial charge in [0.25, 0.3) is 0 Å². The number of thioether (sulfide) groups is 1. The quantitative estimate of drug-likeness (QED) is 0.795. The zero-order valence-electron chi connectivity index (χ0n) is 14.2. The summed E-state index contributed by atoms with van der Waals surface area (Å²) in [6, 6.07) is 5.77. The number of H-pyrrole nitrogens is 1. The molecular formula is C18H23N3O2S. The minimum absolute atomic E-state index is 0.0778. The topological polar surface area (TPSA) is 74.0 Å². The fraction of sp³-hybridized carbons (Fsp3) is 0.444. The molecule has 1 fully saturated rings. The van der Waals surface area contributed by atoms with E-state index in [1.54, 1.807) is 0 Å². The molecule has 24 heavy (non-hydrogen) atoms. The van der Waals surface area contributed by atoms with Gasteiger partial charge in [-0.2, -0.15) is 0 Å². The summed E-state index contributed by atoms with van der Waals surface area (Å²) in [4.78, 5) is 27.5. The normalized spacial score (nSPS) is 20.0. The van der Waals surface area contributed by atoms with E-state index in [2.05, 4.69) is 34.7 Å². The Morgan fingerprint density at radius 2 is 2.21 bits per heavy atom. The molecule has 1 aliphatic heterocycles. The largest absolute Gasteiger partial charge is 0.361 e. The average molecular weight is 345 g/mol. The number of amides is 2. The first-order valence-corrected chi connectivity index (χ1v) is 9.15. The lowest BCUT2D eigenvalue weighted by atomic mass is 10.1. The van der Waals surface area contributed by atoms with Crippen molar-refractivity contribution >= 4 is 34.5 Å². The van der Waals surface area contributed by atoms with Gasteiger partial charge in [0, 0.05) is 29.4 Å². The molecule has 2 heterocycles. The van der Waals surface area contributed by atoms with E-state index in [9.17, 15) is 9.59 Å². The van der Waals surface area contributed by atoms with Crippen LogP contribution in [0.4, 0.5) is 0 Å². The fourth-order valence-electron chi connectivity index (χ4n) is 2.89. The zero-order chi connectivity index (χ0) is 17.3. The second-order valence-electron chi connectivity index (χ2n) is 6.70. The molecule has 1 unspecified atom stereocenters. The van der Waals surface area contributed by atoms with Crippen LogP contribution in [0.25, 0.3) is 10.9 Å². The van der Waals surface area contributed by atoms with Gasteiger partial charge in [0.05, 0.1) is 4.75 Å². The van der Waals surface area contributed by atoms with Gasteiger partial charge in [0.1, 0.15) is 6.04 Å². The highest BCUT2D eigenvalue weighted by molar-refractivity contribution is 8.01. The lowest BCUT2D eigenvalue weighted by molar-refractivity contribution is -0.129. The van der Waals surface area contributed by atoms with Crippen LogP contribution in [0.3, 0.4) is 0 Å². The molecule has 1 aromatic heterocycles. The summed E-state index contributed by atoms with van der Waals surface area (Å²) in [5, 5.41) is 6.95. The Hall–Kier alpha value is -1.95. The number of para-hydroxylation sites is 1. The molecule has 0 radical (unpaired) electrons. The molecule has 1 aliphatic rings. The zero-order valence-corrected chi connectivity index (χ0v) is 15.0. The Bertz CT molecular complexity index is 782. The Labute approximate surface area is 146 Å². The molecule has 1 aromatic carbocycles. The number of nitrogens with one attached hydrogen (secondary N) is 3. The van der Waals surface area contributed by atoms with Crippen LogP contribution in [-0.2, 0) is 16.0 Å². The molecule has 0 aliphatic carbocycles. The van der Waals surface area contributed by atoms with Gasteiger partial charge in [-0.15, -0.1) is 11.8 Å². The molecule has 2 amide bonds. The maximum atomic E-state index is 12.3. The molecule has 2 aromatic rings. The van der Waals surface area contributed by atoms with Crippen LogP contribution in [0.2, 0.25) is 0 Å². The first-order chi connectivity index (χ1) is 11.4. The van der Waals surface area contributed by atoms with Crippen LogP contribution in [-0.4, -0.2) is 39.9 Å². The number of hydrogen-bond acceptors (Lipinski definition) is 3. The minimum atomic E-state index is -0.460. The van der Waals surface area contributed by atoms with Crippen molar-refractivity contribution in [2.24, 2.45) is 0 Å². The highest BCUT2D eigenvalue weighted by atomic mass is 32.2. The van der Waals surface area contributed by atoms with Crippen molar-refractivity contribution in [2.75, 3.05) is 12.3 Å². The van der Waals surface area contributed by atoms with Crippen LogP contribution in [0, 0.1) is 6.92 Å². The number of hydrogen-bond donors (Lipinski definition) is 3. The number of carbonyl (C=O) groups excluding carboxylic acids is 2. The third kappa shape index (κ3) is 3.29. The van der Waals surface area contributed by atoms with E-state index in [1.165, 1.54) is 28.3 Å². The third-order valence-corrected chi connectivity index (χ3v) is 5.89. The summed E-state index contributed by atoms with van der Waals surface area (Å²) in [7, 11) is 0. The predicted octanol–water partition coefficient (Wildman–Crippen LogP) is 2.15. The van der Waals surface area contributed by atoms with Crippen molar-refractivity contribution in [3.05, 3.63) is 35.5 Å². The average Bonchev–Trinajstić information content (AvgIpc) is 2.95. The van der Waals surface area contributed by atoms with Gasteiger partial charge in [-0.1, -0.05) is 18.2 Å². The second-order valence-corrected chi connectivity index (χ2v) is 8.34. The highest BCUT2D eigenvalue weighted by Crippen LogP contribution is 2.29. The van der Waals surface area contributed by atoms with Crippen molar-refractivity contribution in [3.8, 4) is 0 Å². The minimum Gasteiger partial charge on any atom is -0.361 e. The van der Waals surface area contributed by atoms with E-state index in [-0.39, 0.29) is 11.8 Å². The van der Waals surface area contributed by atoms with Gasteiger partial charge in [-0.25, -0.2) is 0 Å². The molecule has 3 N–H and O–H groups in total. The number of fused-ring (bicyclic) bond motifs is 1. The third-order valence-electron chi connectivity index (χ3n) is 4.48. The number of benzene rings is 1. The monoisotopic (exact) mass is 345 g/mol. The van der Waals surface area contributed by atoms with E-state index in [0.717, 1.165) is 11.9 Å². The van der Waals surface area contributed by atoms with Gasteiger partial charge in [-0.3, -0.25) is 9.59 Å². The van der Waals surface area contributed by atoms with Gasteiger partial charge in [0.2, 0.25) is 11.8 Å². The van der Waals surface area contributed by atoms with Crippen molar-refractivity contribution < 1.29 is 9.59 Å². The molecule has 0 bridgehead atoms. The first-order valence-electron chi connectivity index (χ1n) is 8.17.